The zero-order valence-corrected chi connectivity index (χ0v) is 11.2. The maximum atomic E-state index is 12.1. The number of nitrogens with zero attached hydrogens (tertiary/aromatic N) is 1. The highest BCUT2D eigenvalue weighted by Crippen LogP contribution is 2.25. The molecule has 0 aromatic carbocycles. The lowest BCUT2D eigenvalue weighted by Crippen LogP contribution is -2.43. The average molecular weight is 244 g/mol. The number of carbonyl (C=O) groups excluding carboxylic acids is 1. The van der Waals surface area contributed by atoms with E-state index in [1.54, 1.807) is 6.92 Å². The van der Waals surface area contributed by atoms with E-state index in [-0.39, 0.29) is 30.3 Å². The smallest absolute Gasteiger partial charge is 0.323 e. The van der Waals surface area contributed by atoms with Gasteiger partial charge in [-0.15, -0.1) is 0 Å². The van der Waals surface area contributed by atoms with Crippen LogP contribution in [0.15, 0.2) is 0 Å². The molecule has 0 saturated carbocycles. The van der Waals surface area contributed by atoms with Crippen LogP contribution in [-0.4, -0.2) is 41.5 Å². The third-order valence-corrected chi connectivity index (χ3v) is 2.51. The molecule has 0 fully saturated rings. The number of carboxylic acid groups (broad SMARTS) is 1. The number of amides is 1. The second kappa shape index (κ2) is 6.59. The first-order chi connectivity index (χ1) is 7.71. The van der Waals surface area contributed by atoms with E-state index in [0.717, 1.165) is 0 Å². The van der Waals surface area contributed by atoms with E-state index >= 15 is 0 Å². The third kappa shape index (κ3) is 6.26. The summed E-state index contributed by atoms with van der Waals surface area (Å²) in [5.74, 6) is -1.45. The number of nitrogens with two attached hydrogens (primary N) is 1. The molecule has 5 heteroatoms. The summed E-state index contributed by atoms with van der Waals surface area (Å²) >= 11 is 0. The van der Waals surface area contributed by atoms with Gasteiger partial charge in [0.05, 0.1) is 5.92 Å². The number of rotatable bonds is 6. The van der Waals surface area contributed by atoms with Crippen LogP contribution in [0, 0.1) is 11.3 Å². The van der Waals surface area contributed by atoms with Crippen molar-refractivity contribution in [2.45, 2.75) is 34.1 Å². The summed E-state index contributed by atoms with van der Waals surface area (Å²) in [6.07, 6.45) is 0.665. The van der Waals surface area contributed by atoms with Crippen LogP contribution in [0.5, 0.6) is 0 Å². The standard InChI is InChI=1S/C12H24N2O3/c1-5-14(8-10(15)16)11(17)9(7-13)6-12(2,3)4/h9H,5-8,13H2,1-4H3,(H,15,16). The topological polar surface area (TPSA) is 83.6 Å². The van der Waals surface area contributed by atoms with Crippen molar-refractivity contribution < 1.29 is 14.7 Å². The minimum atomic E-state index is -0.994. The minimum absolute atomic E-state index is 0.00231. The summed E-state index contributed by atoms with van der Waals surface area (Å²) in [6, 6.07) is 0. The lowest BCUT2D eigenvalue weighted by molar-refractivity contribution is -0.146. The van der Waals surface area contributed by atoms with E-state index in [4.69, 9.17) is 10.8 Å². The molecule has 1 atom stereocenters. The Hall–Kier alpha value is -1.10. The summed E-state index contributed by atoms with van der Waals surface area (Å²) in [7, 11) is 0. The zero-order chi connectivity index (χ0) is 13.6. The molecule has 0 spiro atoms. The van der Waals surface area contributed by atoms with Crippen LogP contribution < -0.4 is 5.73 Å². The van der Waals surface area contributed by atoms with Crippen LogP contribution >= 0.6 is 0 Å². The van der Waals surface area contributed by atoms with Crippen LogP contribution in [0.1, 0.15) is 34.1 Å². The van der Waals surface area contributed by atoms with Crippen LogP contribution in [0.3, 0.4) is 0 Å². The second-order valence-electron chi connectivity index (χ2n) is 5.44. The highest BCUT2D eigenvalue weighted by atomic mass is 16.4. The van der Waals surface area contributed by atoms with E-state index in [1.807, 2.05) is 20.8 Å². The fraction of sp³-hybridized carbons (Fsp3) is 0.833. The molecular formula is C12H24N2O3. The SMILES string of the molecule is CCN(CC(=O)O)C(=O)C(CN)CC(C)(C)C. The Morgan fingerprint density at radius 3 is 2.18 bits per heavy atom. The molecule has 0 heterocycles. The van der Waals surface area contributed by atoms with Gasteiger partial charge in [0.2, 0.25) is 5.91 Å². The molecule has 0 aromatic rings. The van der Waals surface area contributed by atoms with Gasteiger partial charge in [0.1, 0.15) is 6.54 Å². The molecule has 0 radical (unpaired) electrons. The van der Waals surface area contributed by atoms with Gasteiger partial charge in [0.25, 0.3) is 0 Å². The number of aliphatic carboxylic acids is 1. The molecular weight excluding hydrogens is 220 g/mol. The van der Waals surface area contributed by atoms with E-state index < -0.39 is 5.97 Å². The van der Waals surface area contributed by atoms with Crippen molar-refractivity contribution in [2.24, 2.45) is 17.1 Å². The Labute approximate surface area is 103 Å². The molecule has 100 valence electrons. The number of hydrogen-bond acceptors (Lipinski definition) is 3. The van der Waals surface area contributed by atoms with Gasteiger partial charge in [-0.25, -0.2) is 0 Å². The quantitative estimate of drug-likeness (QED) is 0.728. The normalized spacial score (nSPS) is 13.2. The lowest BCUT2D eigenvalue weighted by Gasteiger charge is -2.28. The Bertz CT molecular complexity index is 271. The van der Waals surface area contributed by atoms with E-state index in [1.165, 1.54) is 4.90 Å². The third-order valence-electron chi connectivity index (χ3n) is 2.51. The van der Waals surface area contributed by atoms with Crippen molar-refractivity contribution >= 4 is 11.9 Å². The molecule has 0 saturated heterocycles. The minimum Gasteiger partial charge on any atom is -0.480 e. The molecule has 0 aromatic heterocycles. The predicted octanol–water partition coefficient (Wildman–Crippen LogP) is 0.931. The molecule has 5 nitrogen and oxygen atoms in total. The molecule has 0 aliphatic carbocycles. The molecule has 1 unspecified atom stereocenters. The number of carbonyl (C=O) groups is 2. The largest absolute Gasteiger partial charge is 0.480 e. The van der Waals surface area contributed by atoms with Crippen LogP contribution in [0.2, 0.25) is 0 Å². The van der Waals surface area contributed by atoms with E-state index in [9.17, 15) is 9.59 Å². The van der Waals surface area contributed by atoms with Gasteiger partial charge < -0.3 is 15.7 Å². The fourth-order valence-electron chi connectivity index (χ4n) is 1.78. The van der Waals surface area contributed by atoms with Crippen molar-refractivity contribution in [1.29, 1.82) is 0 Å². The monoisotopic (exact) mass is 244 g/mol. The average Bonchev–Trinajstić information content (AvgIpc) is 2.20. The Morgan fingerprint density at radius 2 is 1.88 bits per heavy atom. The van der Waals surface area contributed by atoms with Gasteiger partial charge in [-0.05, 0) is 18.8 Å². The summed E-state index contributed by atoms with van der Waals surface area (Å²) < 4.78 is 0. The van der Waals surface area contributed by atoms with Crippen LogP contribution in [0.4, 0.5) is 0 Å². The maximum absolute atomic E-state index is 12.1. The van der Waals surface area contributed by atoms with Crippen molar-refractivity contribution in [3.8, 4) is 0 Å². The summed E-state index contributed by atoms with van der Waals surface area (Å²) in [5, 5.41) is 8.73. The summed E-state index contributed by atoms with van der Waals surface area (Å²) in [6.45, 7) is 8.28. The Kier molecular flexibility index (Phi) is 6.16. The molecule has 1 amide bonds. The predicted molar refractivity (Wildman–Crippen MR) is 66.5 cm³/mol. The highest BCUT2D eigenvalue weighted by molar-refractivity contribution is 5.83. The second-order valence-corrected chi connectivity index (χ2v) is 5.44. The Morgan fingerprint density at radius 1 is 1.35 bits per heavy atom. The molecule has 0 aliphatic heterocycles. The van der Waals surface area contributed by atoms with Crippen molar-refractivity contribution in [3.63, 3.8) is 0 Å². The molecule has 17 heavy (non-hydrogen) atoms. The van der Waals surface area contributed by atoms with Gasteiger partial charge in [-0.2, -0.15) is 0 Å². The lowest BCUT2D eigenvalue weighted by atomic mass is 9.84. The van der Waals surface area contributed by atoms with Crippen LogP contribution in [0.25, 0.3) is 0 Å². The van der Waals surface area contributed by atoms with Gasteiger partial charge in [-0.3, -0.25) is 9.59 Å². The van der Waals surface area contributed by atoms with Gasteiger partial charge in [0, 0.05) is 13.1 Å². The first-order valence-corrected chi connectivity index (χ1v) is 5.92. The van der Waals surface area contributed by atoms with E-state index in [2.05, 4.69) is 0 Å². The van der Waals surface area contributed by atoms with E-state index in [0.29, 0.717) is 13.0 Å². The summed E-state index contributed by atoms with van der Waals surface area (Å²) in [4.78, 5) is 24.1. The van der Waals surface area contributed by atoms with Gasteiger partial charge >= 0.3 is 5.97 Å². The molecule has 0 bridgehead atoms. The van der Waals surface area contributed by atoms with Crippen molar-refractivity contribution in [3.05, 3.63) is 0 Å². The number of hydrogen-bond donors (Lipinski definition) is 2. The van der Waals surface area contributed by atoms with Gasteiger partial charge in [0.15, 0.2) is 0 Å². The first-order valence-electron chi connectivity index (χ1n) is 5.92. The highest BCUT2D eigenvalue weighted by Gasteiger charge is 2.27. The zero-order valence-electron chi connectivity index (χ0n) is 11.2. The fourth-order valence-corrected chi connectivity index (χ4v) is 1.78. The first kappa shape index (κ1) is 15.9. The Balaban J connectivity index is 4.65. The van der Waals surface area contributed by atoms with Crippen molar-refractivity contribution in [1.82, 2.24) is 4.90 Å². The maximum Gasteiger partial charge on any atom is 0.323 e. The number of likely N-dealkylation sites (N-methyl/N-ethyl adjacent to an activating group) is 1. The molecule has 3 N–H and O–H groups in total. The van der Waals surface area contributed by atoms with Gasteiger partial charge in [-0.1, -0.05) is 20.8 Å². The summed E-state index contributed by atoms with van der Waals surface area (Å²) in [5.41, 5.74) is 5.61. The molecule has 0 aliphatic rings. The molecule has 0 rings (SSSR count). The van der Waals surface area contributed by atoms with Crippen LogP contribution in [-0.2, 0) is 9.59 Å². The number of carboxylic acids is 1. The van der Waals surface area contributed by atoms with Crippen molar-refractivity contribution in [2.75, 3.05) is 19.6 Å².